The van der Waals surface area contributed by atoms with E-state index in [1.165, 1.54) is 27.2 Å². The number of carbonyl (C=O) groups is 2. The molecule has 3 aromatic rings. The van der Waals surface area contributed by atoms with Gasteiger partial charge in [0.1, 0.15) is 0 Å². The molecule has 0 aromatic heterocycles. The molecule has 1 saturated carbocycles. The molecule has 34 heavy (non-hydrogen) atoms. The van der Waals surface area contributed by atoms with E-state index in [2.05, 4.69) is 74.5 Å². The summed E-state index contributed by atoms with van der Waals surface area (Å²) >= 11 is 0. The lowest BCUT2D eigenvalue weighted by Gasteiger charge is -2.22. The fourth-order valence-corrected chi connectivity index (χ4v) is 6.02. The molecule has 0 radical (unpaired) electrons. The van der Waals surface area contributed by atoms with Crippen LogP contribution in [0.3, 0.4) is 0 Å². The second-order valence-corrected chi connectivity index (χ2v) is 9.80. The van der Waals surface area contributed by atoms with Crippen LogP contribution in [0.5, 0.6) is 0 Å². The van der Waals surface area contributed by atoms with Crippen molar-refractivity contribution < 1.29 is 9.59 Å². The Morgan fingerprint density at radius 2 is 1.15 bits per heavy atom. The Balaban J connectivity index is 1.44. The predicted molar refractivity (Wildman–Crippen MR) is 133 cm³/mol. The molecule has 3 aliphatic rings. The molecular weight excluding hydrogens is 418 g/mol. The molecule has 2 bridgehead atoms. The van der Waals surface area contributed by atoms with E-state index >= 15 is 0 Å². The number of allylic oxidation sites excluding steroid dienone is 3. The van der Waals surface area contributed by atoms with E-state index in [9.17, 15) is 9.59 Å². The number of fused-ring (bicyclic) bond motifs is 5. The van der Waals surface area contributed by atoms with Gasteiger partial charge in [-0.2, -0.15) is 0 Å². The van der Waals surface area contributed by atoms with Crippen LogP contribution in [-0.2, 0) is 16.1 Å². The summed E-state index contributed by atoms with van der Waals surface area (Å²) in [5.41, 5.74) is 8.09. The van der Waals surface area contributed by atoms with Crippen molar-refractivity contribution in [3.8, 4) is 0 Å². The third-order valence-electron chi connectivity index (χ3n) is 7.66. The lowest BCUT2D eigenvalue weighted by atomic mass is 9.85. The van der Waals surface area contributed by atoms with Gasteiger partial charge in [0.15, 0.2) is 0 Å². The Morgan fingerprint density at radius 3 is 1.62 bits per heavy atom. The molecule has 4 atom stereocenters. The quantitative estimate of drug-likeness (QED) is 0.380. The highest BCUT2D eigenvalue weighted by atomic mass is 16.2. The molecule has 2 fully saturated rings. The summed E-state index contributed by atoms with van der Waals surface area (Å²) < 4.78 is 0. The summed E-state index contributed by atoms with van der Waals surface area (Å²) in [6.45, 7) is 4.53. The Labute approximate surface area is 200 Å². The summed E-state index contributed by atoms with van der Waals surface area (Å²) in [4.78, 5) is 28.6. The topological polar surface area (TPSA) is 37.4 Å². The molecule has 3 heteroatoms. The second-order valence-electron chi connectivity index (χ2n) is 9.80. The van der Waals surface area contributed by atoms with Gasteiger partial charge in [0.25, 0.3) is 0 Å². The Hall–Kier alpha value is -3.72. The molecule has 168 valence electrons. The second kappa shape index (κ2) is 7.95. The highest BCUT2D eigenvalue weighted by molar-refractivity contribution is 6.08. The van der Waals surface area contributed by atoms with Crippen molar-refractivity contribution in [1.29, 1.82) is 0 Å². The lowest BCUT2D eigenvalue weighted by Crippen LogP contribution is -2.32. The van der Waals surface area contributed by atoms with Gasteiger partial charge in [0.05, 0.1) is 18.4 Å². The van der Waals surface area contributed by atoms with Crippen molar-refractivity contribution in [3.05, 3.63) is 124 Å². The minimum absolute atomic E-state index is 0.0274. The van der Waals surface area contributed by atoms with Crippen LogP contribution in [0.4, 0.5) is 0 Å². The molecule has 4 unspecified atom stereocenters. The fraction of sp³-hybridized carbons (Fsp3) is 0.226. The van der Waals surface area contributed by atoms with Gasteiger partial charge in [-0.15, -0.1) is 0 Å². The summed E-state index contributed by atoms with van der Waals surface area (Å²) in [5, 5.41) is 0. The maximum absolute atomic E-state index is 13.6. The summed E-state index contributed by atoms with van der Waals surface area (Å²) in [7, 11) is 0. The molecule has 0 N–H and O–H groups in total. The number of nitrogens with zero attached hydrogens (tertiary/aromatic N) is 1. The maximum Gasteiger partial charge on any atom is 0.234 e. The van der Waals surface area contributed by atoms with Crippen LogP contribution < -0.4 is 0 Å². The largest absolute Gasteiger partial charge is 0.278 e. The molecule has 1 saturated heterocycles. The zero-order chi connectivity index (χ0) is 23.4. The number of rotatable bonds is 4. The Kier molecular flexibility index (Phi) is 4.88. The predicted octanol–water partition coefficient (Wildman–Crippen LogP) is 5.72. The van der Waals surface area contributed by atoms with E-state index in [0.29, 0.717) is 6.54 Å². The fourth-order valence-electron chi connectivity index (χ4n) is 6.02. The zero-order valence-electron chi connectivity index (χ0n) is 19.4. The van der Waals surface area contributed by atoms with Gasteiger partial charge in [-0.05, 0) is 41.7 Å². The minimum atomic E-state index is -0.299. The Bertz CT molecular complexity index is 1250. The summed E-state index contributed by atoms with van der Waals surface area (Å²) in [6.07, 6.45) is 4.33. The molecule has 3 aromatic carbocycles. The Morgan fingerprint density at radius 1 is 0.676 bits per heavy atom. The molecule has 6 rings (SSSR count). The number of benzene rings is 3. The first-order valence-electron chi connectivity index (χ1n) is 12.0. The van der Waals surface area contributed by atoms with E-state index in [1.54, 1.807) is 0 Å². The van der Waals surface area contributed by atoms with Crippen molar-refractivity contribution >= 4 is 17.4 Å². The van der Waals surface area contributed by atoms with Crippen molar-refractivity contribution in [2.75, 3.05) is 0 Å². The van der Waals surface area contributed by atoms with Crippen LogP contribution >= 0.6 is 0 Å². The van der Waals surface area contributed by atoms with Crippen molar-refractivity contribution in [2.45, 2.75) is 20.4 Å². The minimum Gasteiger partial charge on any atom is -0.278 e. The third-order valence-corrected chi connectivity index (χ3v) is 7.66. The average molecular weight is 446 g/mol. The van der Waals surface area contributed by atoms with Crippen LogP contribution in [0.2, 0.25) is 0 Å². The van der Waals surface area contributed by atoms with E-state index < -0.39 is 0 Å². The van der Waals surface area contributed by atoms with E-state index in [4.69, 9.17) is 0 Å². The number of hydrogen-bond donors (Lipinski definition) is 0. The lowest BCUT2D eigenvalue weighted by molar-refractivity contribution is -0.141. The van der Waals surface area contributed by atoms with Gasteiger partial charge < -0.3 is 0 Å². The number of carbonyl (C=O) groups excluding carboxylic acids is 2. The molecule has 2 aliphatic carbocycles. The molecule has 0 spiro atoms. The molecule has 2 amide bonds. The number of hydrogen-bond acceptors (Lipinski definition) is 2. The van der Waals surface area contributed by atoms with Crippen LogP contribution in [-0.4, -0.2) is 16.7 Å². The number of imide groups is 1. The normalized spacial score (nSPS) is 24.8. The molecule has 3 nitrogen and oxygen atoms in total. The first kappa shape index (κ1) is 20.9. The number of amides is 2. The average Bonchev–Trinajstić information content (AvgIpc) is 3.48. The smallest absolute Gasteiger partial charge is 0.234 e. The van der Waals surface area contributed by atoms with Gasteiger partial charge in [-0.3, -0.25) is 14.5 Å². The zero-order valence-corrected chi connectivity index (χ0v) is 19.4. The summed E-state index contributed by atoms with van der Waals surface area (Å²) in [6, 6.07) is 27.0. The van der Waals surface area contributed by atoms with Gasteiger partial charge in [0, 0.05) is 11.8 Å². The van der Waals surface area contributed by atoms with Crippen molar-refractivity contribution in [3.63, 3.8) is 0 Å². The first-order valence-corrected chi connectivity index (χ1v) is 12.0. The van der Waals surface area contributed by atoms with Gasteiger partial charge in [0.2, 0.25) is 11.8 Å². The van der Waals surface area contributed by atoms with Crippen LogP contribution in [0.25, 0.3) is 5.57 Å². The summed E-state index contributed by atoms with van der Waals surface area (Å²) in [5.74, 6) is -0.727. The maximum atomic E-state index is 13.6. The highest BCUT2D eigenvalue weighted by Gasteiger charge is 2.62. The van der Waals surface area contributed by atoms with Crippen molar-refractivity contribution in [1.82, 2.24) is 4.90 Å². The standard InChI is InChI=1S/C31H27NO2/c1-19-8-12-22(13-9-19)26(23-14-10-20(2)11-15-23)27-24-16-17-25(27)29-28(24)30(33)32(31(29)34)18-21-6-4-3-5-7-21/h3-17,24-25,28-29H,18H2,1-2H3. The first-order chi connectivity index (χ1) is 16.5. The SMILES string of the molecule is Cc1ccc(C(=C2C3C=CC2C2C(=O)N(Cc4ccccc4)C(=O)C32)c2ccc(C)cc2)cc1. The number of aryl methyl sites for hydroxylation is 2. The molecule has 1 aliphatic heterocycles. The van der Waals surface area contributed by atoms with E-state index in [1.807, 2.05) is 30.3 Å². The highest BCUT2D eigenvalue weighted by Crippen LogP contribution is 2.58. The van der Waals surface area contributed by atoms with Crippen LogP contribution in [0, 0.1) is 37.5 Å². The van der Waals surface area contributed by atoms with E-state index in [-0.39, 0.29) is 35.5 Å². The molecular formula is C31H27NO2. The van der Waals surface area contributed by atoms with Crippen LogP contribution in [0.1, 0.15) is 27.8 Å². The van der Waals surface area contributed by atoms with Crippen LogP contribution in [0.15, 0.2) is 96.6 Å². The van der Waals surface area contributed by atoms with Gasteiger partial charge >= 0.3 is 0 Å². The van der Waals surface area contributed by atoms with Crippen molar-refractivity contribution in [2.24, 2.45) is 23.7 Å². The third kappa shape index (κ3) is 3.19. The number of likely N-dealkylation sites (tertiary alicyclic amines) is 1. The van der Waals surface area contributed by atoms with E-state index in [0.717, 1.165) is 16.7 Å². The monoisotopic (exact) mass is 445 g/mol. The molecule has 1 heterocycles. The van der Waals surface area contributed by atoms with Gasteiger partial charge in [-0.25, -0.2) is 0 Å². The van der Waals surface area contributed by atoms with Gasteiger partial charge in [-0.1, -0.05) is 102 Å².